The Hall–Kier alpha value is -1.82. The number of nitrogens with zero attached hydrogens (tertiary/aromatic N) is 4. The van der Waals surface area contributed by atoms with E-state index in [9.17, 15) is 4.79 Å². The molecular weight excluding hydrogens is 308 g/mol. The number of hydrogen-bond acceptors (Lipinski definition) is 4. The molecule has 23 heavy (non-hydrogen) atoms. The second kappa shape index (κ2) is 7.64. The van der Waals surface area contributed by atoms with Crippen molar-refractivity contribution in [3.63, 3.8) is 0 Å². The second-order valence-corrected chi connectivity index (χ2v) is 7.04. The molecule has 1 atom stereocenters. The molecule has 0 aliphatic rings. The number of carbonyl (C=O) groups excluding carboxylic acids is 1. The predicted octanol–water partition coefficient (Wildman–Crippen LogP) is 3.17. The molecule has 2 rings (SSSR count). The molecule has 0 spiro atoms. The Bertz CT molecular complexity index is 652. The molecule has 0 N–H and O–H groups in total. The fraction of sp³-hybridized carbons (Fsp3) is 0.471. The molecule has 6 heteroatoms. The number of amides is 1. The Kier molecular flexibility index (Phi) is 5.82. The van der Waals surface area contributed by atoms with Crippen LogP contribution in [0.3, 0.4) is 0 Å². The number of benzene rings is 1. The van der Waals surface area contributed by atoms with Crippen molar-refractivity contribution >= 4 is 17.7 Å². The van der Waals surface area contributed by atoms with Crippen LogP contribution in [0.4, 0.5) is 0 Å². The summed E-state index contributed by atoms with van der Waals surface area (Å²) in [7, 11) is 3.58. The van der Waals surface area contributed by atoms with Gasteiger partial charge in [-0.1, -0.05) is 55.9 Å². The Morgan fingerprint density at radius 3 is 2.39 bits per heavy atom. The predicted molar refractivity (Wildman–Crippen MR) is 94.3 cm³/mol. The first kappa shape index (κ1) is 17.5. The molecular formula is C17H24N4OS. The third kappa shape index (κ3) is 3.93. The molecule has 0 bridgehead atoms. The minimum Gasteiger partial charge on any atom is -0.348 e. The van der Waals surface area contributed by atoms with Crippen LogP contribution in [-0.2, 0) is 11.3 Å². The molecule has 1 heterocycles. The molecule has 5 nitrogen and oxygen atoms in total. The Morgan fingerprint density at radius 2 is 1.87 bits per heavy atom. The normalized spacial score (nSPS) is 12.4. The molecule has 0 aliphatic heterocycles. The monoisotopic (exact) mass is 332 g/mol. The average molecular weight is 332 g/mol. The summed E-state index contributed by atoms with van der Waals surface area (Å²) in [6, 6.07) is 10.0. The van der Waals surface area contributed by atoms with Gasteiger partial charge in [0.2, 0.25) is 5.91 Å². The van der Waals surface area contributed by atoms with Crippen LogP contribution in [0, 0.1) is 5.92 Å². The van der Waals surface area contributed by atoms with Crippen LogP contribution in [0.25, 0.3) is 11.4 Å². The number of aromatic nitrogens is 3. The van der Waals surface area contributed by atoms with Gasteiger partial charge in [-0.2, -0.15) is 0 Å². The molecule has 0 unspecified atom stereocenters. The summed E-state index contributed by atoms with van der Waals surface area (Å²) in [5, 5.41) is 9.30. The maximum absolute atomic E-state index is 12.4. The van der Waals surface area contributed by atoms with Gasteiger partial charge in [0.15, 0.2) is 11.0 Å². The van der Waals surface area contributed by atoms with E-state index in [0.717, 1.165) is 23.1 Å². The maximum atomic E-state index is 12.4. The molecule has 1 aromatic heterocycles. The van der Waals surface area contributed by atoms with Crippen LogP contribution < -0.4 is 0 Å². The van der Waals surface area contributed by atoms with Crippen molar-refractivity contribution in [2.45, 2.75) is 37.7 Å². The quantitative estimate of drug-likeness (QED) is 0.763. The lowest BCUT2D eigenvalue weighted by Gasteiger charge is -2.22. The van der Waals surface area contributed by atoms with Crippen LogP contribution in [-0.4, -0.2) is 44.9 Å². The van der Waals surface area contributed by atoms with E-state index in [-0.39, 0.29) is 17.1 Å². The van der Waals surface area contributed by atoms with Gasteiger partial charge in [-0.15, -0.1) is 10.2 Å². The first-order valence-electron chi connectivity index (χ1n) is 7.82. The van der Waals surface area contributed by atoms with Crippen molar-refractivity contribution in [2.75, 3.05) is 14.1 Å². The van der Waals surface area contributed by atoms with Crippen LogP contribution in [0.1, 0.15) is 20.8 Å². The van der Waals surface area contributed by atoms with Crippen LogP contribution in [0.5, 0.6) is 0 Å². The standard InChI is InChI=1S/C17H24N4OS/c1-6-21-15(13-10-8-7-9-11-13)18-19-17(21)23-14(12(2)3)16(22)20(4)5/h7-12,14H,6H2,1-5H3/t14-/m1/s1. The minimum absolute atomic E-state index is 0.108. The van der Waals surface area contributed by atoms with Gasteiger partial charge in [0, 0.05) is 26.2 Å². The van der Waals surface area contributed by atoms with Crippen LogP contribution >= 0.6 is 11.8 Å². The SMILES string of the molecule is CCn1c(S[C@@H](C(=O)N(C)C)C(C)C)nnc1-c1ccccc1. The highest BCUT2D eigenvalue weighted by Gasteiger charge is 2.27. The summed E-state index contributed by atoms with van der Waals surface area (Å²) in [4.78, 5) is 14.1. The van der Waals surface area contributed by atoms with Crippen LogP contribution in [0.15, 0.2) is 35.5 Å². The van der Waals surface area contributed by atoms with E-state index in [0.29, 0.717) is 0 Å². The summed E-state index contributed by atoms with van der Waals surface area (Å²) in [6.45, 7) is 6.95. The van der Waals surface area contributed by atoms with Gasteiger partial charge in [0.05, 0.1) is 5.25 Å². The Morgan fingerprint density at radius 1 is 1.22 bits per heavy atom. The molecule has 0 fully saturated rings. The molecule has 0 saturated heterocycles. The number of hydrogen-bond donors (Lipinski definition) is 0. The number of rotatable bonds is 6. The van der Waals surface area contributed by atoms with E-state index in [1.807, 2.05) is 30.3 Å². The summed E-state index contributed by atoms with van der Waals surface area (Å²) in [5.74, 6) is 1.17. The number of thioether (sulfide) groups is 1. The average Bonchev–Trinajstić information content (AvgIpc) is 2.95. The lowest BCUT2D eigenvalue weighted by Crippen LogP contribution is -2.35. The van der Waals surface area contributed by atoms with Crippen molar-refractivity contribution in [2.24, 2.45) is 5.92 Å². The van der Waals surface area contributed by atoms with E-state index in [1.165, 1.54) is 11.8 Å². The molecule has 0 saturated carbocycles. The van der Waals surface area contributed by atoms with Crippen molar-refractivity contribution in [3.05, 3.63) is 30.3 Å². The van der Waals surface area contributed by atoms with Crippen molar-refractivity contribution in [1.29, 1.82) is 0 Å². The van der Waals surface area contributed by atoms with E-state index >= 15 is 0 Å². The van der Waals surface area contributed by atoms with Crippen molar-refractivity contribution < 1.29 is 4.79 Å². The first-order chi connectivity index (χ1) is 11.0. The highest BCUT2D eigenvalue weighted by molar-refractivity contribution is 8.00. The third-order valence-corrected chi connectivity index (χ3v) is 5.10. The van der Waals surface area contributed by atoms with Gasteiger partial charge in [0.1, 0.15) is 0 Å². The largest absolute Gasteiger partial charge is 0.348 e. The molecule has 1 amide bonds. The van der Waals surface area contributed by atoms with Gasteiger partial charge in [0.25, 0.3) is 0 Å². The van der Waals surface area contributed by atoms with Crippen LogP contribution in [0.2, 0.25) is 0 Å². The topological polar surface area (TPSA) is 51.0 Å². The minimum atomic E-state index is -0.164. The van der Waals surface area contributed by atoms with E-state index in [2.05, 4.69) is 35.5 Å². The van der Waals surface area contributed by atoms with Gasteiger partial charge >= 0.3 is 0 Å². The lowest BCUT2D eigenvalue weighted by molar-refractivity contribution is -0.128. The van der Waals surface area contributed by atoms with Gasteiger partial charge < -0.3 is 9.47 Å². The fourth-order valence-electron chi connectivity index (χ4n) is 2.30. The van der Waals surface area contributed by atoms with E-state index < -0.39 is 0 Å². The highest BCUT2D eigenvalue weighted by atomic mass is 32.2. The van der Waals surface area contributed by atoms with Crippen molar-refractivity contribution in [1.82, 2.24) is 19.7 Å². The van der Waals surface area contributed by atoms with E-state index in [1.54, 1.807) is 19.0 Å². The van der Waals surface area contributed by atoms with Gasteiger partial charge in [-0.25, -0.2) is 0 Å². The number of carbonyl (C=O) groups is 1. The summed E-state index contributed by atoms with van der Waals surface area (Å²) < 4.78 is 2.07. The molecule has 0 aliphatic carbocycles. The lowest BCUT2D eigenvalue weighted by atomic mass is 10.1. The highest BCUT2D eigenvalue weighted by Crippen LogP contribution is 2.30. The zero-order valence-electron chi connectivity index (χ0n) is 14.4. The summed E-state index contributed by atoms with van der Waals surface area (Å²) >= 11 is 1.50. The van der Waals surface area contributed by atoms with Crippen molar-refractivity contribution in [3.8, 4) is 11.4 Å². The fourth-order valence-corrected chi connectivity index (χ4v) is 3.54. The smallest absolute Gasteiger partial charge is 0.235 e. The molecule has 1 aromatic carbocycles. The molecule has 0 radical (unpaired) electrons. The summed E-state index contributed by atoms with van der Waals surface area (Å²) in [6.07, 6.45) is 0. The molecule has 2 aromatic rings. The maximum Gasteiger partial charge on any atom is 0.235 e. The second-order valence-electron chi connectivity index (χ2n) is 5.93. The zero-order chi connectivity index (χ0) is 17.0. The summed E-state index contributed by atoms with van der Waals surface area (Å²) in [5.41, 5.74) is 1.04. The Balaban J connectivity index is 2.33. The zero-order valence-corrected chi connectivity index (χ0v) is 15.2. The van der Waals surface area contributed by atoms with Gasteiger partial charge in [-0.3, -0.25) is 4.79 Å². The first-order valence-corrected chi connectivity index (χ1v) is 8.70. The molecule has 124 valence electrons. The Labute approximate surface area is 142 Å². The van der Waals surface area contributed by atoms with E-state index in [4.69, 9.17) is 0 Å². The van der Waals surface area contributed by atoms with Gasteiger partial charge in [-0.05, 0) is 12.8 Å². The third-order valence-electron chi connectivity index (χ3n) is 3.59.